The zero-order valence-corrected chi connectivity index (χ0v) is 15.1. The van der Waals surface area contributed by atoms with Crippen LogP contribution >= 0.6 is 0 Å². The van der Waals surface area contributed by atoms with E-state index in [0.29, 0.717) is 11.3 Å². The zero-order chi connectivity index (χ0) is 18.3. The minimum Gasteiger partial charge on any atom is -0.459 e. The first-order valence-corrected chi connectivity index (χ1v) is 7.82. The van der Waals surface area contributed by atoms with Crippen molar-refractivity contribution in [2.75, 3.05) is 18.5 Å². The highest BCUT2D eigenvalue weighted by molar-refractivity contribution is 5.87. The van der Waals surface area contributed by atoms with E-state index in [9.17, 15) is 9.59 Å². The minimum absolute atomic E-state index is 0.00326. The molecule has 1 amide bonds. The number of hydrogen-bond acceptors (Lipinski definition) is 4. The molecule has 0 saturated heterocycles. The molecule has 0 fully saturated rings. The predicted octanol–water partition coefficient (Wildman–Crippen LogP) is 4.72. The summed E-state index contributed by atoms with van der Waals surface area (Å²) in [5.41, 5.74) is 2.06. The summed E-state index contributed by atoms with van der Waals surface area (Å²) in [6.07, 6.45) is -0.588. The van der Waals surface area contributed by atoms with Crippen molar-refractivity contribution in [3.63, 3.8) is 0 Å². The van der Waals surface area contributed by atoms with Gasteiger partial charge in [-0.2, -0.15) is 0 Å². The van der Waals surface area contributed by atoms with E-state index in [4.69, 9.17) is 9.47 Å². The molecule has 0 bridgehead atoms. The molecule has 0 unspecified atom stereocenters. The van der Waals surface area contributed by atoms with Gasteiger partial charge in [-0.25, -0.2) is 9.59 Å². The molecule has 1 aromatic carbocycles. The third-order valence-corrected chi connectivity index (χ3v) is 2.20. The Labute approximate surface area is 139 Å². The second-order valence-electron chi connectivity index (χ2n) is 4.04. The fourth-order valence-corrected chi connectivity index (χ4v) is 1.18. The number of ether oxygens (including phenoxy) is 2. The monoisotopic (exact) mass is 323 g/mol. The molecule has 0 heterocycles. The first-order chi connectivity index (χ1) is 11.0. The summed E-state index contributed by atoms with van der Waals surface area (Å²) in [4.78, 5) is 22.4. The van der Waals surface area contributed by atoms with Crippen LogP contribution in [-0.2, 0) is 14.3 Å². The van der Waals surface area contributed by atoms with E-state index in [1.807, 2.05) is 46.8 Å². The van der Waals surface area contributed by atoms with Gasteiger partial charge < -0.3 is 9.47 Å². The lowest BCUT2D eigenvalue weighted by Crippen LogP contribution is -2.18. The van der Waals surface area contributed by atoms with E-state index in [1.54, 1.807) is 19.1 Å². The minimum atomic E-state index is -0.588. The van der Waals surface area contributed by atoms with E-state index >= 15 is 0 Å². The highest BCUT2D eigenvalue weighted by atomic mass is 16.6. The van der Waals surface area contributed by atoms with Crippen molar-refractivity contribution in [1.29, 1.82) is 0 Å². The number of anilines is 1. The van der Waals surface area contributed by atoms with Crippen molar-refractivity contribution in [3.05, 3.63) is 42.0 Å². The van der Waals surface area contributed by atoms with Gasteiger partial charge in [-0.1, -0.05) is 52.0 Å². The van der Waals surface area contributed by atoms with Gasteiger partial charge in [0.05, 0.1) is 0 Å². The second-order valence-corrected chi connectivity index (χ2v) is 4.04. The number of amides is 1. The molecule has 0 saturated carbocycles. The summed E-state index contributed by atoms with van der Waals surface area (Å²) >= 11 is 0. The molecule has 0 aliphatic rings. The van der Waals surface area contributed by atoms with Gasteiger partial charge in [0.25, 0.3) is 0 Å². The van der Waals surface area contributed by atoms with Gasteiger partial charge in [-0.05, 0) is 26.0 Å². The summed E-state index contributed by atoms with van der Waals surface area (Å²) in [5.74, 6) is -0.498. The Morgan fingerprint density at radius 2 is 1.48 bits per heavy atom. The van der Waals surface area contributed by atoms with Crippen LogP contribution in [0.4, 0.5) is 10.5 Å². The normalized spacial score (nSPS) is 8.43. The van der Waals surface area contributed by atoms with E-state index < -0.39 is 12.1 Å². The van der Waals surface area contributed by atoms with Gasteiger partial charge >= 0.3 is 12.1 Å². The molecule has 1 N–H and O–H groups in total. The molecule has 0 spiro atoms. The smallest absolute Gasteiger partial charge is 0.411 e. The van der Waals surface area contributed by atoms with Crippen LogP contribution < -0.4 is 5.32 Å². The van der Waals surface area contributed by atoms with Crippen molar-refractivity contribution >= 4 is 17.7 Å². The van der Waals surface area contributed by atoms with Crippen LogP contribution in [0.3, 0.4) is 0 Å². The molecule has 23 heavy (non-hydrogen) atoms. The molecule has 1 rings (SSSR count). The van der Waals surface area contributed by atoms with Crippen LogP contribution in [0.15, 0.2) is 36.4 Å². The van der Waals surface area contributed by atoms with E-state index in [1.165, 1.54) is 0 Å². The summed E-state index contributed by atoms with van der Waals surface area (Å²) in [7, 11) is 0. The lowest BCUT2D eigenvalue weighted by Gasteiger charge is -2.07. The third kappa shape index (κ3) is 12.0. The van der Waals surface area contributed by atoms with Gasteiger partial charge in [0.1, 0.15) is 13.2 Å². The molecular formula is C18H29NO4. The summed E-state index contributed by atoms with van der Waals surface area (Å²) in [6, 6.07) is 7.31. The van der Waals surface area contributed by atoms with E-state index in [2.05, 4.69) is 11.9 Å². The molecule has 0 aromatic heterocycles. The molecule has 0 aliphatic heterocycles. The first kappa shape index (κ1) is 23.0. The number of rotatable bonds is 5. The average Bonchev–Trinajstić information content (AvgIpc) is 2.57. The molecule has 0 atom stereocenters. The van der Waals surface area contributed by atoms with Crippen molar-refractivity contribution in [1.82, 2.24) is 0 Å². The third-order valence-electron chi connectivity index (χ3n) is 2.20. The van der Waals surface area contributed by atoms with Gasteiger partial charge in [0.2, 0.25) is 0 Å². The highest BCUT2D eigenvalue weighted by Crippen LogP contribution is 2.08. The van der Waals surface area contributed by atoms with Crippen LogP contribution in [0.1, 0.15) is 40.2 Å². The number of hydrogen-bond donors (Lipinski definition) is 1. The maximum Gasteiger partial charge on any atom is 0.411 e. The maximum atomic E-state index is 11.4. The Kier molecular flexibility index (Phi) is 14.6. The molecular weight excluding hydrogens is 294 g/mol. The van der Waals surface area contributed by atoms with Gasteiger partial charge in [0, 0.05) is 11.3 Å². The standard InChI is InChI=1S/C14H17NO4.2C2H6/c1-10(2)13(16)18-8-9-19-14(17)15-12-6-4-11(3)5-7-12;2*1-2/h4-7H,1,8-9H2,2-3H3,(H,15,17);2*1-2H3. The second kappa shape index (κ2) is 14.6. The van der Waals surface area contributed by atoms with Gasteiger partial charge in [-0.15, -0.1) is 0 Å². The predicted molar refractivity (Wildman–Crippen MR) is 94.6 cm³/mol. The lowest BCUT2D eigenvalue weighted by atomic mass is 10.2. The van der Waals surface area contributed by atoms with Crippen molar-refractivity contribution in [3.8, 4) is 0 Å². The van der Waals surface area contributed by atoms with Crippen molar-refractivity contribution < 1.29 is 19.1 Å². The Bertz CT molecular complexity index is 466. The lowest BCUT2D eigenvalue weighted by molar-refractivity contribution is -0.139. The summed E-state index contributed by atoms with van der Waals surface area (Å²) < 4.78 is 9.63. The van der Waals surface area contributed by atoms with Crippen molar-refractivity contribution in [2.24, 2.45) is 0 Å². The number of esters is 1. The number of nitrogens with one attached hydrogen (secondary N) is 1. The van der Waals surface area contributed by atoms with Crippen LogP contribution in [0, 0.1) is 6.92 Å². The molecule has 1 aromatic rings. The highest BCUT2D eigenvalue weighted by Gasteiger charge is 2.05. The number of benzene rings is 1. The van der Waals surface area contributed by atoms with Crippen LogP contribution in [0.2, 0.25) is 0 Å². The van der Waals surface area contributed by atoms with Crippen LogP contribution in [-0.4, -0.2) is 25.3 Å². The molecule has 130 valence electrons. The topological polar surface area (TPSA) is 64.6 Å². The van der Waals surface area contributed by atoms with E-state index in [0.717, 1.165) is 5.56 Å². The van der Waals surface area contributed by atoms with Crippen molar-refractivity contribution in [2.45, 2.75) is 41.5 Å². The van der Waals surface area contributed by atoms with Gasteiger partial charge in [-0.3, -0.25) is 5.32 Å². The summed E-state index contributed by atoms with van der Waals surface area (Å²) in [6.45, 7) is 14.9. The molecule has 5 heteroatoms. The largest absolute Gasteiger partial charge is 0.459 e. The fraction of sp³-hybridized carbons (Fsp3) is 0.444. The average molecular weight is 323 g/mol. The molecule has 0 aliphatic carbocycles. The first-order valence-electron chi connectivity index (χ1n) is 7.82. The Morgan fingerprint density at radius 3 is 1.96 bits per heavy atom. The Morgan fingerprint density at radius 1 is 1.00 bits per heavy atom. The summed E-state index contributed by atoms with van der Waals surface area (Å²) in [5, 5.41) is 2.56. The van der Waals surface area contributed by atoms with Crippen LogP contribution in [0.25, 0.3) is 0 Å². The zero-order valence-electron chi connectivity index (χ0n) is 15.1. The number of aryl methyl sites for hydroxylation is 1. The molecule has 0 radical (unpaired) electrons. The van der Waals surface area contributed by atoms with Gasteiger partial charge in [0.15, 0.2) is 0 Å². The van der Waals surface area contributed by atoms with Crippen LogP contribution in [0.5, 0.6) is 0 Å². The number of carbonyl (C=O) groups is 2. The maximum absolute atomic E-state index is 11.4. The molecule has 5 nitrogen and oxygen atoms in total. The number of carbonyl (C=O) groups excluding carboxylic acids is 2. The quantitative estimate of drug-likeness (QED) is 0.484. The Balaban J connectivity index is 0. The Hall–Kier alpha value is -2.30. The SMILES string of the molecule is C=C(C)C(=O)OCCOC(=O)Nc1ccc(C)cc1.CC.CC. The van der Waals surface area contributed by atoms with E-state index in [-0.39, 0.29) is 13.2 Å². The fourth-order valence-electron chi connectivity index (χ4n) is 1.18.